The van der Waals surface area contributed by atoms with Gasteiger partial charge in [-0.2, -0.15) is 0 Å². The van der Waals surface area contributed by atoms with Crippen molar-refractivity contribution >= 4 is 5.78 Å². The third-order valence-electron chi connectivity index (χ3n) is 2.18. The second-order valence-electron chi connectivity index (χ2n) is 2.95. The summed E-state index contributed by atoms with van der Waals surface area (Å²) >= 11 is 0. The second-order valence-corrected chi connectivity index (χ2v) is 2.95. The fraction of sp³-hybridized carbons (Fsp3) is 0.875. The van der Waals surface area contributed by atoms with E-state index in [9.17, 15) is 4.79 Å². The number of carbonyl (C=O) groups excluding carboxylic acids is 1. The van der Waals surface area contributed by atoms with Gasteiger partial charge < -0.3 is 1.43 Å². The molecule has 0 aromatic rings. The van der Waals surface area contributed by atoms with E-state index < -0.39 is 0 Å². The Kier molecular flexibility index (Phi) is 5.69. The van der Waals surface area contributed by atoms with Gasteiger partial charge in [0.1, 0.15) is 5.78 Å². The smallest absolute Gasteiger partial charge is 1.00 e. The molecule has 0 bridgehead atoms. The van der Waals surface area contributed by atoms with Gasteiger partial charge in [-0.1, -0.05) is 19.3 Å². The van der Waals surface area contributed by atoms with Crippen molar-refractivity contribution in [2.75, 3.05) is 0 Å². The van der Waals surface area contributed by atoms with Gasteiger partial charge in [-0.15, -0.1) is 0 Å². The van der Waals surface area contributed by atoms with Crippen LogP contribution in [0.5, 0.6) is 0 Å². The van der Waals surface area contributed by atoms with Crippen LogP contribution in [0.1, 0.15) is 40.5 Å². The third kappa shape index (κ3) is 3.18. The maximum absolute atomic E-state index is 10.8. The summed E-state index contributed by atoms with van der Waals surface area (Å²) < 4.78 is 0. The van der Waals surface area contributed by atoms with Gasteiger partial charge in [0.15, 0.2) is 0 Å². The number of hydrogen-bond donors (Lipinski definition) is 0. The average molecular weight is 150 g/mol. The average Bonchev–Trinajstić information content (AvgIpc) is 1.90. The van der Waals surface area contributed by atoms with Gasteiger partial charge in [-0.05, 0) is 19.8 Å². The van der Waals surface area contributed by atoms with Gasteiger partial charge in [0.05, 0.1) is 0 Å². The molecule has 0 radical (unpaired) electrons. The molecule has 1 aliphatic carbocycles. The molecular formula is C8H15NaO. The van der Waals surface area contributed by atoms with Crippen LogP contribution in [0.15, 0.2) is 0 Å². The number of carbonyl (C=O) groups is 1. The van der Waals surface area contributed by atoms with Gasteiger partial charge in [-0.3, -0.25) is 4.79 Å². The standard InChI is InChI=1S/C8H14O.Na.H/c1-7(9)8-5-3-2-4-6-8;;/h8H,2-6H2,1H3;;/q;+1;-1. The second kappa shape index (κ2) is 5.34. The van der Waals surface area contributed by atoms with E-state index in [1.807, 2.05) is 0 Å². The number of hydrogen-bond acceptors (Lipinski definition) is 1. The van der Waals surface area contributed by atoms with Crippen molar-refractivity contribution in [3.05, 3.63) is 0 Å². The summed E-state index contributed by atoms with van der Waals surface area (Å²) in [5, 5.41) is 0. The molecule has 1 saturated carbocycles. The first-order valence-electron chi connectivity index (χ1n) is 3.81. The van der Waals surface area contributed by atoms with Gasteiger partial charge in [0.2, 0.25) is 0 Å². The summed E-state index contributed by atoms with van der Waals surface area (Å²) in [7, 11) is 0. The molecule has 0 aromatic heterocycles. The third-order valence-corrected chi connectivity index (χ3v) is 2.18. The Hall–Kier alpha value is 0.670. The van der Waals surface area contributed by atoms with Gasteiger partial charge >= 0.3 is 29.6 Å². The van der Waals surface area contributed by atoms with Gasteiger partial charge in [0.25, 0.3) is 0 Å². The Morgan fingerprint density at radius 2 is 1.80 bits per heavy atom. The molecule has 0 atom stereocenters. The summed E-state index contributed by atoms with van der Waals surface area (Å²) in [6, 6.07) is 0. The minimum Gasteiger partial charge on any atom is -1.00 e. The largest absolute Gasteiger partial charge is 1.00 e. The molecule has 0 amide bonds. The van der Waals surface area contributed by atoms with Gasteiger partial charge in [-0.25, -0.2) is 0 Å². The maximum Gasteiger partial charge on any atom is 1.00 e. The molecule has 1 fully saturated rings. The Morgan fingerprint density at radius 3 is 2.10 bits per heavy atom. The van der Waals surface area contributed by atoms with Crippen LogP contribution >= 0.6 is 0 Å². The Morgan fingerprint density at radius 1 is 1.30 bits per heavy atom. The van der Waals surface area contributed by atoms with E-state index in [0.29, 0.717) is 11.7 Å². The number of rotatable bonds is 1. The molecule has 0 unspecified atom stereocenters. The Bertz CT molecular complexity index is 111. The zero-order valence-corrected chi connectivity index (χ0v) is 9.02. The fourth-order valence-electron chi connectivity index (χ4n) is 1.51. The van der Waals surface area contributed by atoms with Crippen molar-refractivity contribution in [1.29, 1.82) is 0 Å². The summed E-state index contributed by atoms with van der Waals surface area (Å²) in [6.07, 6.45) is 6.17. The van der Waals surface area contributed by atoms with E-state index in [1.54, 1.807) is 6.92 Å². The molecule has 0 aliphatic heterocycles. The van der Waals surface area contributed by atoms with Crippen LogP contribution in [0.25, 0.3) is 0 Å². The molecule has 1 aliphatic rings. The maximum atomic E-state index is 10.8. The minimum absolute atomic E-state index is 0. The Balaban J connectivity index is 0. The van der Waals surface area contributed by atoms with E-state index in [1.165, 1.54) is 19.3 Å². The van der Waals surface area contributed by atoms with E-state index in [4.69, 9.17) is 0 Å². The first-order chi connectivity index (χ1) is 4.30. The molecule has 0 aromatic carbocycles. The Labute approximate surface area is 86.3 Å². The van der Waals surface area contributed by atoms with E-state index >= 15 is 0 Å². The molecule has 10 heavy (non-hydrogen) atoms. The van der Waals surface area contributed by atoms with E-state index in [2.05, 4.69) is 0 Å². The van der Waals surface area contributed by atoms with Crippen molar-refractivity contribution in [2.24, 2.45) is 5.92 Å². The van der Waals surface area contributed by atoms with Crippen LogP contribution in [0.2, 0.25) is 0 Å². The zero-order chi connectivity index (χ0) is 6.69. The molecule has 0 heterocycles. The molecule has 0 N–H and O–H groups in total. The van der Waals surface area contributed by atoms with Crippen LogP contribution in [0.3, 0.4) is 0 Å². The molecule has 54 valence electrons. The molecule has 1 rings (SSSR count). The van der Waals surface area contributed by atoms with Crippen molar-refractivity contribution in [1.82, 2.24) is 0 Å². The summed E-state index contributed by atoms with van der Waals surface area (Å²) in [6.45, 7) is 1.72. The quantitative estimate of drug-likeness (QED) is 0.450. The number of ketones is 1. The van der Waals surface area contributed by atoms with Gasteiger partial charge in [0, 0.05) is 5.92 Å². The summed E-state index contributed by atoms with van der Waals surface area (Å²) in [5.74, 6) is 0.813. The van der Waals surface area contributed by atoms with Crippen molar-refractivity contribution < 1.29 is 35.8 Å². The van der Waals surface area contributed by atoms with Crippen molar-refractivity contribution in [2.45, 2.75) is 39.0 Å². The van der Waals surface area contributed by atoms with Crippen LogP contribution in [-0.4, -0.2) is 5.78 Å². The summed E-state index contributed by atoms with van der Waals surface area (Å²) in [5.41, 5.74) is 0. The zero-order valence-electron chi connectivity index (χ0n) is 8.02. The molecular weight excluding hydrogens is 135 g/mol. The van der Waals surface area contributed by atoms with E-state index in [-0.39, 0.29) is 31.0 Å². The van der Waals surface area contributed by atoms with Crippen molar-refractivity contribution in [3.63, 3.8) is 0 Å². The minimum atomic E-state index is 0. The number of Topliss-reactive ketones (excluding diaryl/α,β-unsaturated/α-hetero) is 1. The first-order valence-corrected chi connectivity index (χ1v) is 3.81. The molecule has 0 spiro atoms. The normalized spacial score (nSPS) is 19.7. The summed E-state index contributed by atoms with van der Waals surface area (Å²) in [4.78, 5) is 10.8. The van der Waals surface area contributed by atoms with Crippen molar-refractivity contribution in [3.8, 4) is 0 Å². The van der Waals surface area contributed by atoms with Crippen LogP contribution in [0, 0.1) is 5.92 Å². The first kappa shape index (κ1) is 10.7. The predicted molar refractivity (Wildman–Crippen MR) is 38.4 cm³/mol. The molecule has 1 nitrogen and oxygen atoms in total. The fourth-order valence-corrected chi connectivity index (χ4v) is 1.51. The van der Waals surface area contributed by atoms with Crippen LogP contribution in [0.4, 0.5) is 0 Å². The van der Waals surface area contributed by atoms with Crippen LogP contribution in [-0.2, 0) is 4.79 Å². The molecule has 2 heteroatoms. The SMILES string of the molecule is CC(=O)C1CCCCC1.[H-].[Na+]. The van der Waals surface area contributed by atoms with Crippen LogP contribution < -0.4 is 29.6 Å². The predicted octanol–water partition coefficient (Wildman–Crippen LogP) is -0.728. The topological polar surface area (TPSA) is 17.1 Å². The van der Waals surface area contributed by atoms with E-state index in [0.717, 1.165) is 12.8 Å². The monoisotopic (exact) mass is 150 g/mol. The molecule has 0 saturated heterocycles.